The summed E-state index contributed by atoms with van der Waals surface area (Å²) < 4.78 is 15.0. The van der Waals surface area contributed by atoms with Crippen LogP contribution in [-0.4, -0.2) is 25.5 Å². The van der Waals surface area contributed by atoms with Gasteiger partial charge in [0.15, 0.2) is 5.78 Å². The van der Waals surface area contributed by atoms with E-state index in [4.69, 9.17) is 0 Å². The number of halogens is 1. The van der Waals surface area contributed by atoms with Crippen molar-refractivity contribution in [2.75, 3.05) is 0 Å². The molecule has 0 amide bonds. The number of hydrogen-bond acceptors (Lipinski definition) is 3. The number of carbonyl (C=O) groups excluding carboxylic acids is 1. The van der Waals surface area contributed by atoms with Gasteiger partial charge < -0.3 is 4.98 Å². The van der Waals surface area contributed by atoms with Crippen molar-refractivity contribution in [3.8, 4) is 5.95 Å². The molecule has 1 N–H and O–H groups in total. The molecule has 0 spiro atoms. The second-order valence-electron chi connectivity index (χ2n) is 6.98. The van der Waals surface area contributed by atoms with E-state index in [1.807, 2.05) is 31.2 Å². The molecule has 0 fully saturated rings. The summed E-state index contributed by atoms with van der Waals surface area (Å²) in [7, 11) is 0. The summed E-state index contributed by atoms with van der Waals surface area (Å²) in [6.45, 7) is 1.86. The maximum atomic E-state index is 13.3. The number of Topliss-reactive ketones (excluding diaryl/α,β-unsaturated/α-hetero) is 1. The van der Waals surface area contributed by atoms with Gasteiger partial charge in [-0.1, -0.05) is 24.3 Å². The zero-order valence-electron chi connectivity index (χ0n) is 14.7. The fourth-order valence-corrected chi connectivity index (χ4v) is 3.94. The van der Waals surface area contributed by atoms with Gasteiger partial charge in [0.1, 0.15) is 5.82 Å². The number of benzene rings is 2. The number of para-hydroxylation sites is 2. The van der Waals surface area contributed by atoms with Crippen molar-refractivity contribution in [1.29, 1.82) is 0 Å². The number of hydrogen-bond donors (Lipinski definition) is 1. The Bertz CT molecular complexity index is 1140. The summed E-state index contributed by atoms with van der Waals surface area (Å²) in [5.41, 5.74) is 5.00. The number of carbonyl (C=O) groups is 1. The molecular weight excluding hydrogens is 343 g/mol. The molecule has 1 atom stereocenters. The first-order chi connectivity index (χ1) is 13.1. The average molecular weight is 360 g/mol. The molecule has 2 heterocycles. The van der Waals surface area contributed by atoms with E-state index in [0.717, 1.165) is 22.3 Å². The smallest absolute Gasteiger partial charge is 0.229 e. The molecule has 1 aliphatic carbocycles. The summed E-state index contributed by atoms with van der Waals surface area (Å²) >= 11 is 0. The van der Waals surface area contributed by atoms with Crippen molar-refractivity contribution in [2.45, 2.75) is 25.7 Å². The fraction of sp³-hybridized carbons (Fsp3) is 0.190. The average Bonchev–Trinajstić information content (AvgIpc) is 3.23. The number of nitrogens with zero attached hydrogens (tertiary/aromatic N) is 3. The second-order valence-corrected chi connectivity index (χ2v) is 6.98. The van der Waals surface area contributed by atoms with Crippen LogP contribution in [0.25, 0.3) is 17.0 Å². The maximum Gasteiger partial charge on any atom is 0.229 e. The highest BCUT2D eigenvalue weighted by atomic mass is 19.1. The van der Waals surface area contributed by atoms with Gasteiger partial charge in [0, 0.05) is 6.42 Å². The van der Waals surface area contributed by atoms with Crippen LogP contribution in [0.5, 0.6) is 0 Å². The molecule has 134 valence electrons. The Hall–Kier alpha value is -3.28. The first-order valence-corrected chi connectivity index (χ1v) is 8.92. The SMILES string of the molecule is Cc1nn(-c2nc3ccccc3[nH]2)c2c1C(=O)C[C@H](c1ccc(F)cc1)C2. The fourth-order valence-electron chi connectivity index (χ4n) is 3.94. The number of imidazole rings is 1. The quantitative estimate of drug-likeness (QED) is 0.585. The molecule has 27 heavy (non-hydrogen) atoms. The Morgan fingerprint density at radius 3 is 2.67 bits per heavy atom. The van der Waals surface area contributed by atoms with Crippen LogP contribution in [0.4, 0.5) is 4.39 Å². The zero-order valence-corrected chi connectivity index (χ0v) is 14.7. The van der Waals surface area contributed by atoms with Crippen LogP contribution in [0.15, 0.2) is 48.5 Å². The van der Waals surface area contributed by atoms with Crippen molar-refractivity contribution in [2.24, 2.45) is 0 Å². The van der Waals surface area contributed by atoms with Crippen LogP contribution < -0.4 is 0 Å². The van der Waals surface area contributed by atoms with E-state index in [1.54, 1.807) is 16.8 Å². The van der Waals surface area contributed by atoms with Gasteiger partial charge in [-0.25, -0.2) is 14.1 Å². The number of aromatic nitrogens is 4. The lowest BCUT2D eigenvalue weighted by molar-refractivity contribution is 0.0963. The molecule has 5 nitrogen and oxygen atoms in total. The maximum absolute atomic E-state index is 13.3. The number of aromatic amines is 1. The molecule has 0 aliphatic heterocycles. The Morgan fingerprint density at radius 2 is 1.89 bits per heavy atom. The molecule has 0 bridgehead atoms. The number of aryl methyl sites for hydroxylation is 1. The van der Waals surface area contributed by atoms with Gasteiger partial charge in [-0.15, -0.1) is 0 Å². The zero-order chi connectivity index (χ0) is 18.5. The molecule has 0 radical (unpaired) electrons. The minimum Gasteiger partial charge on any atom is -0.322 e. The summed E-state index contributed by atoms with van der Waals surface area (Å²) in [6.07, 6.45) is 1.07. The topological polar surface area (TPSA) is 63.6 Å². The predicted octanol–water partition coefficient (Wildman–Crippen LogP) is 4.11. The summed E-state index contributed by atoms with van der Waals surface area (Å²) in [4.78, 5) is 20.7. The standard InChI is InChI=1S/C21H17FN4O/c1-12-20-18(10-14(11-19(20)27)13-6-8-15(22)9-7-13)26(25-12)21-23-16-4-2-3-5-17(16)24-21/h2-9,14H,10-11H2,1H3,(H,23,24)/t14-/m1/s1. The van der Waals surface area contributed by atoms with Crippen molar-refractivity contribution in [3.05, 3.63) is 76.9 Å². The van der Waals surface area contributed by atoms with E-state index in [2.05, 4.69) is 15.1 Å². The number of ketones is 1. The third-order valence-corrected chi connectivity index (χ3v) is 5.23. The molecule has 2 aromatic carbocycles. The summed E-state index contributed by atoms with van der Waals surface area (Å²) in [6, 6.07) is 14.2. The van der Waals surface area contributed by atoms with E-state index in [-0.39, 0.29) is 17.5 Å². The Balaban J connectivity index is 1.61. The second kappa shape index (κ2) is 5.87. The molecule has 1 aliphatic rings. The molecule has 5 rings (SSSR count). The molecule has 0 saturated carbocycles. The minimum atomic E-state index is -0.273. The van der Waals surface area contributed by atoms with Crippen LogP contribution in [0.3, 0.4) is 0 Å². The van der Waals surface area contributed by atoms with E-state index >= 15 is 0 Å². The van der Waals surface area contributed by atoms with E-state index in [1.165, 1.54) is 12.1 Å². The lowest BCUT2D eigenvalue weighted by Crippen LogP contribution is -2.21. The molecule has 2 aromatic heterocycles. The van der Waals surface area contributed by atoms with Crippen LogP contribution in [-0.2, 0) is 6.42 Å². The lowest BCUT2D eigenvalue weighted by atomic mass is 9.81. The normalized spacial score (nSPS) is 16.7. The molecule has 0 unspecified atom stereocenters. The van der Waals surface area contributed by atoms with Crippen molar-refractivity contribution in [3.63, 3.8) is 0 Å². The highest BCUT2D eigenvalue weighted by Crippen LogP contribution is 2.35. The van der Waals surface area contributed by atoms with Crippen LogP contribution >= 0.6 is 0 Å². The Labute approximate surface area is 154 Å². The van der Waals surface area contributed by atoms with Crippen LogP contribution in [0.2, 0.25) is 0 Å². The number of rotatable bonds is 2. The summed E-state index contributed by atoms with van der Waals surface area (Å²) in [5.74, 6) is 0.410. The van der Waals surface area contributed by atoms with Crippen LogP contribution in [0, 0.1) is 12.7 Å². The van der Waals surface area contributed by atoms with Gasteiger partial charge in [-0.05, 0) is 49.1 Å². The molecule has 4 aromatic rings. The Kier molecular flexibility index (Phi) is 3.47. The number of H-pyrrole nitrogens is 1. The molecule has 6 heteroatoms. The molecular formula is C21H17FN4O. The first kappa shape index (κ1) is 15.9. The van der Waals surface area contributed by atoms with Gasteiger partial charge in [-0.2, -0.15) is 5.10 Å². The third-order valence-electron chi connectivity index (χ3n) is 5.23. The Morgan fingerprint density at radius 1 is 1.11 bits per heavy atom. The highest BCUT2D eigenvalue weighted by molar-refractivity contribution is 6.00. The molecule has 0 saturated heterocycles. The van der Waals surface area contributed by atoms with Crippen molar-refractivity contribution >= 4 is 16.8 Å². The summed E-state index contributed by atoms with van der Waals surface area (Å²) in [5, 5.41) is 4.59. The lowest BCUT2D eigenvalue weighted by Gasteiger charge is -2.22. The monoisotopic (exact) mass is 360 g/mol. The van der Waals surface area contributed by atoms with Gasteiger partial charge in [0.2, 0.25) is 5.95 Å². The van der Waals surface area contributed by atoms with Crippen molar-refractivity contribution in [1.82, 2.24) is 19.7 Å². The largest absolute Gasteiger partial charge is 0.322 e. The van der Waals surface area contributed by atoms with Gasteiger partial charge in [0.25, 0.3) is 0 Å². The van der Waals surface area contributed by atoms with E-state index in [0.29, 0.717) is 30.0 Å². The van der Waals surface area contributed by atoms with Crippen molar-refractivity contribution < 1.29 is 9.18 Å². The van der Waals surface area contributed by atoms with Crippen LogP contribution in [0.1, 0.15) is 39.6 Å². The van der Waals surface area contributed by atoms with Gasteiger partial charge in [0.05, 0.1) is 28.0 Å². The van der Waals surface area contributed by atoms with E-state index < -0.39 is 0 Å². The number of fused-ring (bicyclic) bond motifs is 2. The van der Waals surface area contributed by atoms with E-state index in [9.17, 15) is 9.18 Å². The predicted molar refractivity (Wildman–Crippen MR) is 99.7 cm³/mol. The minimum absolute atomic E-state index is 0.00447. The number of nitrogens with one attached hydrogen (secondary N) is 1. The highest BCUT2D eigenvalue weighted by Gasteiger charge is 2.32. The van der Waals surface area contributed by atoms with Gasteiger partial charge in [-0.3, -0.25) is 4.79 Å². The van der Waals surface area contributed by atoms with Gasteiger partial charge >= 0.3 is 0 Å². The first-order valence-electron chi connectivity index (χ1n) is 8.92. The third kappa shape index (κ3) is 2.56.